The number of aromatic nitrogens is 2. The largest absolute Gasteiger partial charge is 0.352 e. The van der Waals surface area contributed by atoms with Crippen molar-refractivity contribution in [2.75, 3.05) is 13.6 Å². The van der Waals surface area contributed by atoms with Gasteiger partial charge in [0.25, 0.3) is 0 Å². The average Bonchev–Trinajstić information content (AvgIpc) is 3.43. The lowest BCUT2D eigenvalue weighted by Crippen LogP contribution is -2.44. The Morgan fingerprint density at radius 1 is 1.07 bits per heavy atom. The number of nitrogens with zero attached hydrogens (tertiary/aromatic N) is 4. The van der Waals surface area contributed by atoms with Gasteiger partial charge in [-0.15, -0.1) is 0 Å². The van der Waals surface area contributed by atoms with Crippen molar-refractivity contribution in [1.29, 1.82) is 0 Å². The summed E-state index contributed by atoms with van der Waals surface area (Å²) in [5.41, 5.74) is 3.63. The van der Waals surface area contributed by atoms with Gasteiger partial charge in [0.15, 0.2) is 5.96 Å². The highest BCUT2D eigenvalue weighted by molar-refractivity contribution is 5.80. The Labute approximate surface area is 178 Å². The summed E-state index contributed by atoms with van der Waals surface area (Å²) >= 11 is 0. The second kappa shape index (κ2) is 9.59. The van der Waals surface area contributed by atoms with Crippen molar-refractivity contribution in [3.63, 3.8) is 0 Å². The summed E-state index contributed by atoms with van der Waals surface area (Å²) in [5.74, 6) is 0.852. The van der Waals surface area contributed by atoms with Crippen LogP contribution in [0.25, 0.3) is 5.69 Å². The van der Waals surface area contributed by atoms with Gasteiger partial charge in [-0.25, -0.2) is 4.68 Å². The summed E-state index contributed by atoms with van der Waals surface area (Å²) in [6.07, 6.45) is 4.85. The van der Waals surface area contributed by atoms with Crippen LogP contribution in [-0.2, 0) is 13.1 Å². The van der Waals surface area contributed by atoms with Crippen molar-refractivity contribution in [3.05, 3.63) is 84.2 Å². The molecule has 4 rings (SSSR count). The molecule has 0 aliphatic carbocycles. The van der Waals surface area contributed by atoms with E-state index in [0.717, 1.165) is 37.7 Å². The van der Waals surface area contributed by atoms with E-state index in [9.17, 15) is 0 Å². The molecule has 6 nitrogen and oxygen atoms in total. The summed E-state index contributed by atoms with van der Waals surface area (Å²) in [4.78, 5) is 6.96. The molecule has 1 fully saturated rings. The molecular formula is C24H30N6. The van der Waals surface area contributed by atoms with E-state index in [1.54, 1.807) is 6.20 Å². The van der Waals surface area contributed by atoms with E-state index in [4.69, 9.17) is 0 Å². The van der Waals surface area contributed by atoms with Crippen LogP contribution in [0.3, 0.4) is 0 Å². The molecule has 3 aromatic rings. The number of nitrogens with one attached hydrogen (secondary N) is 2. The van der Waals surface area contributed by atoms with Crippen molar-refractivity contribution < 1.29 is 0 Å². The summed E-state index contributed by atoms with van der Waals surface area (Å²) < 4.78 is 1.86. The number of rotatable bonds is 6. The third-order valence-corrected chi connectivity index (χ3v) is 5.66. The quantitative estimate of drug-likeness (QED) is 0.491. The molecule has 6 heteroatoms. The molecule has 2 unspecified atom stereocenters. The molecule has 1 aliphatic heterocycles. The first-order valence-corrected chi connectivity index (χ1v) is 10.6. The molecule has 2 aromatic carbocycles. The van der Waals surface area contributed by atoms with Gasteiger partial charge in [0.05, 0.1) is 5.69 Å². The first-order valence-electron chi connectivity index (χ1n) is 10.6. The van der Waals surface area contributed by atoms with Gasteiger partial charge in [-0.2, -0.15) is 5.10 Å². The van der Waals surface area contributed by atoms with E-state index in [2.05, 4.69) is 87.1 Å². The fraction of sp³-hybridized carbons (Fsp3) is 0.333. The first-order chi connectivity index (χ1) is 14.7. The maximum absolute atomic E-state index is 4.42. The van der Waals surface area contributed by atoms with Crippen LogP contribution in [-0.4, -0.2) is 46.3 Å². The second-order valence-electron chi connectivity index (χ2n) is 7.88. The minimum atomic E-state index is 0.400. The smallest absolute Gasteiger partial charge is 0.191 e. The Bertz CT molecular complexity index is 934. The van der Waals surface area contributed by atoms with Crippen LogP contribution in [0, 0.1) is 0 Å². The molecule has 2 heterocycles. The molecule has 1 aromatic heterocycles. The molecule has 0 radical (unpaired) electrons. The number of likely N-dealkylation sites (tertiary alicyclic amines) is 1. The van der Waals surface area contributed by atoms with Gasteiger partial charge in [-0.1, -0.05) is 42.5 Å². The van der Waals surface area contributed by atoms with Gasteiger partial charge in [0, 0.05) is 51.2 Å². The van der Waals surface area contributed by atoms with Crippen LogP contribution >= 0.6 is 0 Å². The topological polar surface area (TPSA) is 57.5 Å². The van der Waals surface area contributed by atoms with Gasteiger partial charge in [0.2, 0.25) is 0 Å². The van der Waals surface area contributed by atoms with Crippen LogP contribution in [0.1, 0.15) is 24.5 Å². The number of guanidine groups is 1. The maximum atomic E-state index is 4.42. The molecule has 2 atom stereocenters. The summed E-state index contributed by atoms with van der Waals surface area (Å²) in [6, 6.07) is 22.0. The van der Waals surface area contributed by atoms with Crippen LogP contribution in [0.15, 0.2) is 78.0 Å². The van der Waals surface area contributed by atoms with Crippen LogP contribution in [0.5, 0.6) is 0 Å². The van der Waals surface area contributed by atoms with Crippen LogP contribution in [0.4, 0.5) is 0 Å². The lowest BCUT2D eigenvalue weighted by Gasteiger charge is -2.21. The highest BCUT2D eigenvalue weighted by Crippen LogP contribution is 2.20. The Hall–Kier alpha value is -3.12. The van der Waals surface area contributed by atoms with Gasteiger partial charge < -0.3 is 10.6 Å². The van der Waals surface area contributed by atoms with Crippen molar-refractivity contribution in [1.82, 2.24) is 25.3 Å². The number of benzene rings is 2. The highest BCUT2D eigenvalue weighted by atomic mass is 15.3. The van der Waals surface area contributed by atoms with Gasteiger partial charge >= 0.3 is 0 Å². The lowest BCUT2D eigenvalue weighted by molar-refractivity contribution is 0.258. The predicted octanol–water partition coefficient (Wildman–Crippen LogP) is 3.20. The molecule has 0 bridgehead atoms. The molecular weight excluding hydrogens is 372 g/mol. The zero-order valence-corrected chi connectivity index (χ0v) is 17.7. The predicted molar refractivity (Wildman–Crippen MR) is 122 cm³/mol. The SMILES string of the molecule is CN=C(NCc1ccc(-n2cccn2)cc1)NC1CC(C)N(Cc2ccccc2)C1. The van der Waals surface area contributed by atoms with Crippen molar-refractivity contribution in [3.8, 4) is 5.69 Å². The molecule has 0 spiro atoms. The fourth-order valence-corrected chi connectivity index (χ4v) is 4.00. The zero-order valence-electron chi connectivity index (χ0n) is 17.7. The Morgan fingerprint density at radius 2 is 1.87 bits per heavy atom. The van der Waals surface area contributed by atoms with Crippen LogP contribution < -0.4 is 10.6 Å². The molecule has 1 aliphatic rings. The van der Waals surface area contributed by atoms with Crippen molar-refractivity contribution in [2.24, 2.45) is 4.99 Å². The molecule has 2 N–H and O–H groups in total. The molecule has 156 valence electrons. The molecule has 30 heavy (non-hydrogen) atoms. The van der Waals surface area contributed by atoms with Gasteiger partial charge in [-0.05, 0) is 42.7 Å². The summed E-state index contributed by atoms with van der Waals surface area (Å²) in [7, 11) is 1.83. The Kier molecular flexibility index (Phi) is 6.44. The fourth-order valence-electron chi connectivity index (χ4n) is 4.00. The molecule has 0 saturated carbocycles. The van der Waals surface area contributed by atoms with Gasteiger partial charge in [-0.3, -0.25) is 9.89 Å². The maximum Gasteiger partial charge on any atom is 0.191 e. The summed E-state index contributed by atoms with van der Waals surface area (Å²) in [6.45, 7) is 5.06. The second-order valence-corrected chi connectivity index (χ2v) is 7.88. The minimum Gasteiger partial charge on any atom is -0.352 e. The van der Waals surface area contributed by atoms with E-state index >= 15 is 0 Å². The number of aliphatic imine (C=N–C) groups is 1. The van der Waals surface area contributed by atoms with Gasteiger partial charge in [0.1, 0.15) is 0 Å². The van der Waals surface area contributed by atoms with E-state index < -0.39 is 0 Å². The minimum absolute atomic E-state index is 0.400. The lowest BCUT2D eigenvalue weighted by atomic mass is 10.2. The first kappa shape index (κ1) is 20.2. The number of hydrogen-bond acceptors (Lipinski definition) is 3. The van der Waals surface area contributed by atoms with Crippen molar-refractivity contribution in [2.45, 2.75) is 38.5 Å². The normalized spacial score (nSPS) is 19.7. The van der Waals surface area contributed by atoms with E-state index in [1.807, 2.05) is 24.0 Å². The van der Waals surface area contributed by atoms with E-state index in [-0.39, 0.29) is 0 Å². The molecule has 1 saturated heterocycles. The third-order valence-electron chi connectivity index (χ3n) is 5.66. The summed E-state index contributed by atoms with van der Waals surface area (Å²) in [5, 5.41) is 11.3. The van der Waals surface area contributed by atoms with E-state index in [1.165, 1.54) is 11.1 Å². The zero-order chi connectivity index (χ0) is 20.8. The third kappa shape index (κ3) is 5.07. The monoisotopic (exact) mass is 402 g/mol. The van der Waals surface area contributed by atoms with Crippen molar-refractivity contribution >= 4 is 5.96 Å². The highest BCUT2D eigenvalue weighted by Gasteiger charge is 2.29. The van der Waals surface area contributed by atoms with Crippen LogP contribution in [0.2, 0.25) is 0 Å². The Morgan fingerprint density at radius 3 is 2.57 bits per heavy atom. The Balaban J connectivity index is 1.27. The number of hydrogen-bond donors (Lipinski definition) is 2. The standard InChI is InChI=1S/C24H30N6/c1-19-15-22(18-29(19)17-21-7-4-3-5-8-21)28-24(25-2)26-16-20-9-11-23(12-10-20)30-14-6-13-27-30/h3-14,19,22H,15-18H2,1-2H3,(H2,25,26,28). The molecule has 0 amide bonds. The average molecular weight is 403 g/mol. The van der Waals surface area contributed by atoms with E-state index in [0.29, 0.717) is 12.1 Å².